The standard InChI is InChI=1S/C31H44N4O4S/c1-6-34(7-2)16-17-35-27(29(37)33-23-13-8-10-19(3)20(23)4)31-15-14-24(39-31)25(26(31)30(35)38)28(36)32-21-11-9-12-22(18-21)40-5/h9,11-12,14-15,18-20,23-27H,6-8,10,13,16-17H2,1-5H3,(H,32,36)(H,33,37)/t19-,20-,23+,24-,25+,26-,27-,31-/m0/s1. The lowest BCUT2D eigenvalue weighted by Gasteiger charge is -2.38. The van der Waals surface area contributed by atoms with Crippen LogP contribution in [0.5, 0.6) is 0 Å². The van der Waals surface area contributed by atoms with E-state index in [-0.39, 0.29) is 23.8 Å². The summed E-state index contributed by atoms with van der Waals surface area (Å²) >= 11 is 1.60. The molecule has 9 heteroatoms. The van der Waals surface area contributed by atoms with Gasteiger partial charge in [0.25, 0.3) is 0 Å². The van der Waals surface area contributed by atoms with Crippen LogP contribution in [0.2, 0.25) is 0 Å². The van der Waals surface area contributed by atoms with Crippen LogP contribution in [-0.2, 0) is 19.1 Å². The second-order valence-electron chi connectivity index (χ2n) is 11.9. The Morgan fingerprint density at radius 1 is 1.18 bits per heavy atom. The maximum Gasteiger partial charge on any atom is 0.246 e. The first kappa shape index (κ1) is 29.1. The number of likely N-dealkylation sites (tertiary alicyclic amines) is 1. The van der Waals surface area contributed by atoms with E-state index in [0.29, 0.717) is 30.6 Å². The number of hydrogen-bond donors (Lipinski definition) is 2. The quantitative estimate of drug-likeness (QED) is 0.330. The van der Waals surface area contributed by atoms with Crippen molar-refractivity contribution < 1.29 is 19.1 Å². The highest BCUT2D eigenvalue weighted by Gasteiger charge is 2.72. The number of fused-ring (bicyclic) bond motifs is 1. The number of amides is 3. The van der Waals surface area contributed by atoms with Crippen LogP contribution in [0, 0.1) is 23.7 Å². The zero-order valence-electron chi connectivity index (χ0n) is 24.4. The molecule has 1 spiro atoms. The summed E-state index contributed by atoms with van der Waals surface area (Å²) in [6, 6.07) is 6.94. The summed E-state index contributed by atoms with van der Waals surface area (Å²) in [6.45, 7) is 11.4. The van der Waals surface area contributed by atoms with Gasteiger partial charge in [-0.2, -0.15) is 0 Å². The highest BCUT2D eigenvalue weighted by Crippen LogP contribution is 2.55. The van der Waals surface area contributed by atoms with Crippen molar-refractivity contribution in [2.24, 2.45) is 23.7 Å². The molecule has 1 saturated carbocycles. The summed E-state index contributed by atoms with van der Waals surface area (Å²) in [7, 11) is 0. The molecule has 1 aliphatic carbocycles. The lowest BCUT2D eigenvalue weighted by atomic mass is 9.73. The van der Waals surface area contributed by atoms with Gasteiger partial charge in [0.1, 0.15) is 11.6 Å². The van der Waals surface area contributed by atoms with E-state index in [1.165, 1.54) is 6.42 Å². The highest BCUT2D eigenvalue weighted by molar-refractivity contribution is 7.98. The molecule has 3 amide bonds. The third-order valence-corrected chi connectivity index (χ3v) is 10.6. The maximum atomic E-state index is 14.2. The number of carbonyl (C=O) groups excluding carboxylic acids is 3. The van der Waals surface area contributed by atoms with Gasteiger partial charge in [-0.1, -0.05) is 58.8 Å². The van der Waals surface area contributed by atoms with Crippen LogP contribution in [0.25, 0.3) is 0 Å². The van der Waals surface area contributed by atoms with Crippen molar-refractivity contribution in [1.29, 1.82) is 0 Å². The molecule has 2 saturated heterocycles. The number of nitrogens with one attached hydrogen (secondary N) is 2. The number of carbonyl (C=O) groups is 3. The van der Waals surface area contributed by atoms with Gasteiger partial charge in [0.2, 0.25) is 17.7 Å². The van der Waals surface area contributed by atoms with Crippen LogP contribution < -0.4 is 10.6 Å². The number of anilines is 1. The molecule has 40 heavy (non-hydrogen) atoms. The van der Waals surface area contributed by atoms with Crippen molar-refractivity contribution in [1.82, 2.24) is 15.1 Å². The molecule has 5 rings (SSSR count). The fourth-order valence-corrected chi connectivity index (χ4v) is 7.73. The molecule has 4 aliphatic rings. The van der Waals surface area contributed by atoms with E-state index in [4.69, 9.17) is 4.74 Å². The Balaban J connectivity index is 1.43. The molecule has 1 aromatic carbocycles. The zero-order chi connectivity index (χ0) is 28.6. The smallest absolute Gasteiger partial charge is 0.246 e. The summed E-state index contributed by atoms with van der Waals surface area (Å²) in [4.78, 5) is 47.0. The first-order chi connectivity index (χ1) is 19.2. The summed E-state index contributed by atoms with van der Waals surface area (Å²) in [5.41, 5.74) is -0.446. The van der Waals surface area contributed by atoms with Gasteiger partial charge >= 0.3 is 0 Å². The van der Waals surface area contributed by atoms with Crippen LogP contribution >= 0.6 is 11.8 Å². The van der Waals surface area contributed by atoms with Crippen LogP contribution in [0.4, 0.5) is 5.69 Å². The van der Waals surface area contributed by atoms with Crippen molar-refractivity contribution in [2.75, 3.05) is 37.8 Å². The molecule has 2 bridgehead atoms. The van der Waals surface area contributed by atoms with Gasteiger partial charge in [-0.05, 0) is 55.8 Å². The van der Waals surface area contributed by atoms with E-state index >= 15 is 0 Å². The van der Waals surface area contributed by atoms with E-state index in [0.717, 1.165) is 30.8 Å². The number of ether oxygens (including phenoxy) is 1. The lowest BCUT2D eigenvalue weighted by molar-refractivity contribution is -0.141. The molecule has 3 heterocycles. The number of rotatable bonds is 10. The maximum absolute atomic E-state index is 14.2. The summed E-state index contributed by atoms with van der Waals surface area (Å²) in [5.74, 6) is -1.11. The predicted octanol–water partition coefficient (Wildman–Crippen LogP) is 3.78. The van der Waals surface area contributed by atoms with Gasteiger partial charge in [-0.25, -0.2) is 0 Å². The number of likely N-dealkylation sites (N-methyl/N-ethyl adjacent to an activating group) is 1. The number of thioether (sulfide) groups is 1. The predicted molar refractivity (Wildman–Crippen MR) is 158 cm³/mol. The Labute approximate surface area is 242 Å². The van der Waals surface area contributed by atoms with Crippen molar-refractivity contribution in [3.8, 4) is 0 Å². The molecule has 1 aromatic rings. The second-order valence-corrected chi connectivity index (χ2v) is 12.7. The summed E-state index contributed by atoms with van der Waals surface area (Å²) in [6.07, 6.45) is 8.42. The highest BCUT2D eigenvalue weighted by atomic mass is 32.2. The Kier molecular flexibility index (Phi) is 8.64. The number of hydrogen-bond acceptors (Lipinski definition) is 6. The monoisotopic (exact) mass is 568 g/mol. The molecular weight excluding hydrogens is 524 g/mol. The Morgan fingerprint density at radius 3 is 2.67 bits per heavy atom. The van der Waals surface area contributed by atoms with E-state index < -0.39 is 29.6 Å². The van der Waals surface area contributed by atoms with Crippen LogP contribution in [0.15, 0.2) is 41.3 Å². The summed E-state index contributed by atoms with van der Waals surface area (Å²) in [5, 5.41) is 6.36. The van der Waals surface area contributed by atoms with Crippen molar-refractivity contribution >= 4 is 35.2 Å². The average molecular weight is 569 g/mol. The fourth-order valence-electron chi connectivity index (χ4n) is 7.27. The minimum absolute atomic E-state index is 0.0665. The molecule has 3 fully saturated rings. The third-order valence-electron chi connectivity index (χ3n) is 9.85. The summed E-state index contributed by atoms with van der Waals surface area (Å²) < 4.78 is 6.52. The lowest BCUT2D eigenvalue weighted by Crippen LogP contribution is -2.58. The third kappa shape index (κ3) is 5.09. The Bertz CT molecular complexity index is 1160. The first-order valence-corrected chi connectivity index (χ1v) is 16.1. The molecule has 8 atom stereocenters. The normalized spacial score (nSPS) is 34.4. The minimum atomic E-state index is -1.14. The number of nitrogens with zero attached hydrogens (tertiary/aromatic N) is 2. The van der Waals surface area contributed by atoms with E-state index in [2.05, 4.69) is 43.2 Å². The van der Waals surface area contributed by atoms with E-state index in [9.17, 15) is 14.4 Å². The van der Waals surface area contributed by atoms with Crippen LogP contribution in [0.1, 0.15) is 47.0 Å². The SMILES string of the molecule is CCN(CC)CCN1C(=O)[C@@H]2[C@H](C(=O)Nc3cccc(SC)c3)[C@@H]3C=C[C@@]2(O3)[C@@H]1C(=O)N[C@@H]1CCC[C@H](C)[C@@H]1C. The van der Waals surface area contributed by atoms with Gasteiger partial charge in [-0.3, -0.25) is 14.4 Å². The molecule has 0 unspecified atom stereocenters. The van der Waals surface area contributed by atoms with E-state index in [1.54, 1.807) is 16.7 Å². The van der Waals surface area contributed by atoms with Crippen molar-refractivity contribution in [3.63, 3.8) is 0 Å². The van der Waals surface area contributed by atoms with Gasteiger partial charge < -0.3 is 25.2 Å². The van der Waals surface area contributed by atoms with Gasteiger partial charge in [0.05, 0.1) is 17.9 Å². The van der Waals surface area contributed by atoms with Crippen LogP contribution in [0.3, 0.4) is 0 Å². The Hall–Kier alpha value is -2.36. The molecular formula is C31H44N4O4S. The van der Waals surface area contributed by atoms with Crippen molar-refractivity contribution in [2.45, 2.75) is 75.6 Å². The Morgan fingerprint density at radius 2 is 1.95 bits per heavy atom. The molecule has 0 aromatic heterocycles. The zero-order valence-corrected chi connectivity index (χ0v) is 25.2. The second kappa shape index (κ2) is 11.9. The minimum Gasteiger partial charge on any atom is -0.359 e. The molecule has 2 N–H and O–H groups in total. The molecule has 3 aliphatic heterocycles. The largest absolute Gasteiger partial charge is 0.359 e. The number of benzene rings is 1. The molecule has 0 radical (unpaired) electrons. The van der Waals surface area contributed by atoms with Crippen molar-refractivity contribution in [3.05, 3.63) is 36.4 Å². The average Bonchev–Trinajstić information content (AvgIpc) is 3.59. The molecule has 218 valence electrons. The van der Waals surface area contributed by atoms with Gasteiger partial charge in [0, 0.05) is 29.7 Å². The topological polar surface area (TPSA) is 91.0 Å². The fraction of sp³-hybridized carbons (Fsp3) is 0.645. The van der Waals surface area contributed by atoms with Crippen LogP contribution in [-0.4, -0.2) is 83.7 Å². The first-order valence-electron chi connectivity index (χ1n) is 14.9. The van der Waals surface area contributed by atoms with E-state index in [1.807, 2.05) is 42.7 Å². The molecule has 8 nitrogen and oxygen atoms in total. The van der Waals surface area contributed by atoms with Gasteiger partial charge in [0.15, 0.2) is 0 Å². The van der Waals surface area contributed by atoms with Gasteiger partial charge in [-0.15, -0.1) is 11.8 Å².